The molecule has 0 amide bonds. The number of hydrogen-bond acceptors (Lipinski definition) is 3. The molecular weight excluding hydrogens is 260 g/mol. The monoisotopic (exact) mass is 269 g/mol. The first-order valence-electron chi connectivity index (χ1n) is 4.50. The molecule has 0 radical (unpaired) electrons. The van der Waals surface area contributed by atoms with Crippen molar-refractivity contribution in [3.8, 4) is 0 Å². The maximum Gasteiger partial charge on any atom is 0.266 e. The van der Waals surface area contributed by atoms with Crippen molar-refractivity contribution in [2.75, 3.05) is 0 Å². The van der Waals surface area contributed by atoms with E-state index in [0.717, 1.165) is 0 Å². The zero-order valence-electron chi connectivity index (χ0n) is 8.21. The van der Waals surface area contributed by atoms with Crippen LogP contribution >= 0.6 is 34.8 Å². The van der Waals surface area contributed by atoms with Crippen molar-refractivity contribution in [3.63, 3.8) is 0 Å². The summed E-state index contributed by atoms with van der Waals surface area (Å²) < 4.78 is 9.28. The third-order valence-corrected chi connectivity index (χ3v) is 3.02. The smallest absolute Gasteiger partial charge is 0.266 e. The minimum Gasteiger partial charge on any atom is -0.496 e. The second kappa shape index (κ2) is 3.44. The van der Waals surface area contributed by atoms with Crippen molar-refractivity contribution in [3.05, 3.63) is 12.3 Å². The largest absolute Gasteiger partial charge is 0.496 e. The number of hydrogen-bond donors (Lipinski definition) is 0. The molecule has 0 unspecified atom stereocenters. The first kappa shape index (κ1) is 11.4. The lowest BCUT2D eigenvalue weighted by molar-refractivity contribution is 0.0246. The van der Waals surface area contributed by atoms with Crippen LogP contribution in [0.25, 0.3) is 0 Å². The van der Waals surface area contributed by atoms with Crippen LogP contribution in [0.4, 0.5) is 0 Å². The lowest BCUT2D eigenvalue weighted by Gasteiger charge is -2.33. The Kier molecular flexibility index (Phi) is 2.61. The normalized spacial score (nSPS) is 39.1. The lowest BCUT2D eigenvalue weighted by atomic mass is 9.92. The van der Waals surface area contributed by atoms with Gasteiger partial charge in [0, 0.05) is 0 Å². The summed E-state index contributed by atoms with van der Waals surface area (Å²) in [6.07, 6.45) is 3.28. The predicted octanol–water partition coefficient (Wildman–Crippen LogP) is 2.85. The molecule has 0 saturated heterocycles. The third kappa shape index (κ3) is 1.93. The van der Waals surface area contributed by atoms with Crippen molar-refractivity contribution in [2.45, 2.75) is 35.4 Å². The predicted molar refractivity (Wildman–Crippen MR) is 60.7 cm³/mol. The van der Waals surface area contributed by atoms with Gasteiger partial charge in [0.05, 0.1) is 6.26 Å². The number of ether oxygens (including phenoxy) is 2. The van der Waals surface area contributed by atoms with Crippen molar-refractivity contribution in [1.82, 2.24) is 0 Å². The third-order valence-electron chi connectivity index (χ3n) is 2.54. The lowest BCUT2D eigenvalue weighted by Crippen LogP contribution is -2.45. The average Bonchev–Trinajstić information content (AvgIpc) is 2.43. The molecule has 0 aliphatic carbocycles. The van der Waals surface area contributed by atoms with Gasteiger partial charge in [0.2, 0.25) is 5.90 Å². The molecule has 0 N–H and O–H groups in total. The molecule has 3 nitrogen and oxygen atoms in total. The van der Waals surface area contributed by atoms with Crippen LogP contribution in [0.2, 0.25) is 0 Å². The Morgan fingerprint density at radius 2 is 2.13 bits per heavy atom. The standard InChI is InChI=1S/C9H10Cl3NO2/c1-5-6-8(2,3-4-14-5)15-7(13-6)9(10,11)12/h3-6H,1-2H3/t5-,6-,8-/m0/s1. The van der Waals surface area contributed by atoms with Gasteiger partial charge in [-0.1, -0.05) is 34.8 Å². The molecule has 2 rings (SSSR count). The number of halogens is 3. The molecule has 0 aromatic rings. The fraction of sp³-hybridized carbons (Fsp3) is 0.667. The molecule has 6 heteroatoms. The van der Waals surface area contributed by atoms with Crippen LogP contribution in [0, 0.1) is 0 Å². The first-order valence-corrected chi connectivity index (χ1v) is 5.63. The summed E-state index contributed by atoms with van der Waals surface area (Å²) >= 11 is 17.2. The zero-order valence-corrected chi connectivity index (χ0v) is 10.5. The van der Waals surface area contributed by atoms with Gasteiger partial charge in [0.15, 0.2) is 5.60 Å². The van der Waals surface area contributed by atoms with E-state index in [9.17, 15) is 0 Å². The Morgan fingerprint density at radius 1 is 1.47 bits per heavy atom. The molecule has 2 aliphatic heterocycles. The van der Waals surface area contributed by atoms with Crippen molar-refractivity contribution >= 4 is 40.7 Å². The topological polar surface area (TPSA) is 30.8 Å². The molecule has 3 atom stereocenters. The van der Waals surface area contributed by atoms with E-state index in [2.05, 4.69) is 4.99 Å². The maximum absolute atomic E-state index is 5.72. The van der Waals surface area contributed by atoms with Gasteiger partial charge < -0.3 is 9.47 Å². The quantitative estimate of drug-likeness (QED) is 0.634. The van der Waals surface area contributed by atoms with Crippen molar-refractivity contribution in [2.24, 2.45) is 4.99 Å². The molecule has 0 saturated carbocycles. The van der Waals surface area contributed by atoms with Crippen LogP contribution in [-0.2, 0) is 9.47 Å². The molecule has 0 aromatic carbocycles. The van der Waals surface area contributed by atoms with Crippen LogP contribution in [0.3, 0.4) is 0 Å². The fourth-order valence-electron chi connectivity index (χ4n) is 1.76. The van der Waals surface area contributed by atoms with Crippen molar-refractivity contribution in [1.29, 1.82) is 0 Å². The van der Waals surface area contributed by atoms with Gasteiger partial charge in [-0.2, -0.15) is 0 Å². The molecule has 2 heterocycles. The van der Waals surface area contributed by atoms with E-state index >= 15 is 0 Å². The van der Waals surface area contributed by atoms with Crippen LogP contribution in [0.5, 0.6) is 0 Å². The molecule has 84 valence electrons. The van der Waals surface area contributed by atoms with Crippen LogP contribution in [-0.4, -0.2) is 27.4 Å². The Bertz CT molecular complexity index is 337. The summed E-state index contributed by atoms with van der Waals surface area (Å²) in [6.45, 7) is 3.79. The number of fused-ring (bicyclic) bond motifs is 1. The highest BCUT2D eigenvalue weighted by Gasteiger charge is 2.50. The average molecular weight is 271 g/mol. The molecule has 2 aliphatic rings. The summed E-state index contributed by atoms with van der Waals surface area (Å²) in [5.74, 6) is 0.127. The molecule has 0 aromatic heterocycles. The zero-order chi connectivity index (χ0) is 11.3. The first-order chi connectivity index (χ1) is 6.83. The van der Waals surface area contributed by atoms with Gasteiger partial charge in [0.1, 0.15) is 12.1 Å². The summed E-state index contributed by atoms with van der Waals surface area (Å²) in [5, 5.41) is 0. The SMILES string of the molecule is C[C@@H]1OC=C[C@]2(C)OC(C(Cl)(Cl)Cl)=N[C@@H]12. The van der Waals surface area contributed by atoms with Gasteiger partial charge >= 0.3 is 0 Å². The molecule has 15 heavy (non-hydrogen) atoms. The summed E-state index contributed by atoms with van der Waals surface area (Å²) in [6, 6.07) is -0.173. The minimum absolute atomic E-state index is 0.0927. The van der Waals surface area contributed by atoms with Gasteiger partial charge in [-0.25, -0.2) is 4.99 Å². The maximum atomic E-state index is 5.72. The summed E-state index contributed by atoms with van der Waals surface area (Å²) in [4.78, 5) is 4.26. The number of nitrogens with zero attached hydrogens (tertiary/aromatic N) is 1. The second-order valence-electron chi connectivity index (χ2n) is 3.81. The Hall–Kier alpha value is -0.120. The van der Waals surface area contributed by atoms with Crippen LogP contribution in [0.15, 0.2) is 17.3 Å². The molecule has 0 spiro atoms. The van der Waals surface area contributed by atoms with E-state index in [1.54, 1.807) is 12.3 Å². The molecular formula is C9H10Cl3NO2. The molecule has 0 bridgehead atoms. The number of rotatable bonds is 0. The fourth-order valence-corrected chi connectivity index (χ4v) is 2.02. The van der Waals surface area contributed by atoms with Gasteiger partial charge in [-0.05, 0) is 19.9 Å². The minimum atomic E-state index is -1.62. The van der Waals surface area contributed by atoms with E-state index in [0.29, 0.717) is 0 Å². The highest BCUT2D eigenvalue weighted by molar-refractivity contribution is 6.76. The van der Waals surface area contributed by atoms with E-state index in [1.807, 2.05) is 13.8 Å². The van der Waals surface area contributed by atoms with E-state index < -0.39 is 9.39 Å². The van der Waals surface area contributed by atoms with Crippen molar-refractivity contribution < 1.29 is 9.47 Å². The van der Waals surface area contributed by atoms with Gasteiger partial charge in [-0.15, -0.1) is 0 Å². The Labute approximate surface area is 103 Å². The molecule has 0 fully saturated rings. The van der Waals surface area contributed by atoms with Gasteiger partial charge in [0.25, 0.3) is 3.79 Å². The van der Waals surface area contributed by atoms with E-state index in [1.165, 1.54) is 0 Å². The summed E-state index contributed by atoms with van der Waals surface area (Å²) in [5.41, 5.74) is -0.572. The van der Waals surface area contributed by atoms with Gasteiger partial charge in [-0.3, -0.25) is 0 Å². The van der Waals surface area contributed by atoms with E-state index in [4.69, 9.17) is 44.3 Å². The second-order valence-corrected chi connectivity index (χ2v) is 6.09. The summed E-state index contributed by atoms with van der Waals surface area (Å²) in [7, 11) is 0. The highest BCUT2D eigenvalue weighted by Crippen LogP contribution is 2.40. The number of alkyl halides is 3. The Balaban J connectivity index is 2.32. The highest BCUT2D eigenvalue weighted by atomic mass is 35.6. The van der Waals surface area contributed by atoms with Crippen LogP contribution in [0.1, 0.15) is 13.8 Å². The van der Waals surface area contributed by atoms with Crippen LogP contribution < -0.4 is 0 Å². The Morgan fingerprint density at radius 3 is 2.67 bits per heavy atom. The van der Waals surface area contributed by atoms with E-state index in [-0.39, 0.29) is 18.0 Å². The number of aliphatic imine (C=N–C) groups is 1.